The lowest BCUT2D eigenvalue weighted by Gasteiger charge is -2.36. The highest BCUT2D eigenvalue weighted by molar-refractivity contribution is 6.33. The SMILES string of the molecule is CC1CCCCN1c1ccc(N=C(N)CCl)cc1Cl. The zero-order valence-corrected chi connectivity index (χ0v) is 12.6. The first-order valence-corrected chi connectivity index (χ1v) is 7.48. The highest BCUT2D eigenvalue weighted by atomic mass is 35.5. The van der Waals surface area contributed by atoms with E-state index in [1.807, 2.05) is 18.2 Å². The van der Waals surface area contributed by atoms with Gasteiger partial charge in [0.1, 0.15) is 5.84 Å². The Morgan fingerprint density at radius 2 is 2.26 bits per heavy atom. The number of anilines is 1. The molecule has 19 heavy (non-hydrogen) atoms. The van der Waals surface area contributed by atoms with Crippen molar-refractivity contribution in [3.05, 3.63) is 23.2 Å². The zero-order valence-electron chi connectivity index (χ0n) is 11.1. The van der Waals surface area contributed by atoms with Crippen LogP contribution in [0.2, 0.25) is 5.02 Å². The Morgan fingerprint density at radius 3 is 2.89 bits per heavy atom. The topological polar surface area (TPSA) is 41.6 Å². The molecule has 5 heteroatoms. The standard InChI is InChI=1S/C14H19Cl2N3/c1-10-4-2-3-7-19(10)13-6-5-11(8-12(13)16)18-14(17)9-15/h5-6,8,10H,2-4,7,9H2,1H3,(H2,17,18). The van der Waals surface area contributed by atoms with Crippen molar-refractivity contribution in [1.29, 1.82) is 0 Å². The molecule has 1 aromatic carbocycles. The summed E-state index contributed by atoms with van der Waals surface area (Å²) in [5.41, 5.74) is 7.45. The van der Waals surface area contributed by atoms with Crippen LogP contribution >= 0.6 is 23.2 Å². The number of amidine groups is 1. The molecule has 3 nitrogen and oxygen atoms in total. The fourth-order valence-corrected chi connectivity index (χ4v) is 2.79. The van der Waals surface area contributed by atoms with Crippen molar-refractivity contribution < 1.29 is 0 Å². The van der Waals surface area contributed by atoms with E-state index < -0.39 is 0 Å². The predicted molar refractivity (Wildman–Crippen MR) is 84.1 cm³/mol. The van der Waals surface area contributed by atoms with E-state index in [1.165, 1.54) is 19.3 Å². The molecule has 1 unspecified atom stereocenters. The molecule has 2 N–H and O–H groups in total. The summed E-state index contributed by atoms with van der Waals surface area (Å²) in [6, 6.07) is 6.33. The molecule has 1 fully saturated rings. The maximum Gasteiger partial charge on any atom is 0.115 e. The van der Waals surface area contributed by atoms with Crippen molar-refractivity contribution >= 4 is 40.4 Å². The van der Waals surface area contributed by atoms with E-state index in [-0.39, 0.29) is 5.88 Å². The molecule has 0 aromatic heterocycles. The van der Waals surface area contributed by atoms with E-state index in [0.29, 0.717) is 11.9 Å². The summed E-state index contributed by atoms with van der Waals surface area (Å²) in [6.07, 6.45) is 3.74. The lowest BCUT2D eigenvalue weighted by Crippen LogP contribution is -2.37. The monoisotopic (exact) mass is 299 g/mol. The predicted octanol–water partition coefficient (Wildman–Crippen LogP) is 3.95. The van der Waals surface area contributed by atoms with E-state index in [0.717, 1.165) is 22.9 Å². The Balaban J connectivity index is 2.24. The minimum atomic E-state index is 0.225. The van der Waals surface area contributed by atoms with Gasteiger partial charge in [0.15, 0.2) is 0 Å². The maximum absolute atomic E-state index is 6.37. The van der Waals surface area contributed by atoms with Crippen molar-refractivity contribution in [2.24, 2.45) is 10.7 Å². The van der Waals surface area contributed by atoms with Crippen LogP contribution in [-0.4, -0.2) is 24.3 Å². The lowest BCUT2D eigenvalue weighted by molar-refractivity contribution is 0.485. The van der Waals surface area contributed by atoms with Gasteiger partial charge in [0, 0.05) is 12.6 Å². The fraction of sp³-hybridized carbons (Fsp3) is 0.500. The van der Waals surface area contributed by atoms with E-state index in [9.17, 15) is 0 Å². The van der Waals surface area contributed by atoms with Crippen molar-refractivity contribution in [1.82, 2.24) is 0 Å². The molecule has 1 aliphatic heterocycles. The summed E-state index contributed by atoms with van der Waals surface area (Å²) in [5, 5.41) is 0.720. The first-order valence-electron chi connectivity index (χ1n) is 6.57. The molecule has 1 heterocycles. The first kappa shape index (κ1) is 14.5. The Hall–Kier alpha value is -0.930. The number of halogens is 2. The van der Waals surface area contributed by atoms with Crippen LogP contribution in [0.5, 0.6) is 0 Å². The largest absolute Gasteiger partial charge is 0.386 e. The van der Waals surface area contributed by atoms with Crippen LogP contribution in [0.1, 0.15) is 26.2 Å². The third-order valence-electron chi connectivity index (χ3n) is 3.45. The van der Waals surface area contributed by atoms with Gasteiger partial charge in [-0.2, -0.15) is 0 Å². The molecule has 104 valence electrons. The molecule has 1 atom stereocenters. The van der Waals surface area contributed by atoms with Crippen LogP contribution in [0.15, 0.2) is 23.2 Å². The third-order valence-corrected chi connectivity index (χ3v) is 4.03. The number of aliphatic imine (C=N–C) groups is 1. The van der Waals surface area contributed by atoms with Gasteiger partial charge in [-0.3, -0.25) is 0 Å². The molecule has 2 rings (SSSR count). The molecule has 1 aliphatic rings. The molecule has 0 bridgehead atoms. The second kappa shape index (κ2) is 6.49. The van der Waals surface area contributed by atoms with Crippen molar-refractivity contribution in [3.8, 4) is 0 Å². The second-order valence-electron chi connectivity index (χ2n) is 4.91. The van der Waals surface area contributed by atoms with Crippen LogP contribution in [0.25, 0.3) is 0 Å². The summed E-state index contributed by atoms with van der Waals surface area (Å²) >= 11 is 12.0. The number of benzene rings is 1. The molecule has 0 saturated carbocycles. The zero-order chi connectivity index (χ0) is 13.8. The number of nitrogens with zero attached hydrogens (tertiary/aromatic N) is 2. The van der Waals surface area contributed by atoms with Crippen molar-refractivity contribution in [2.45, 2.75) is 32.2 Å². The average molecular weight is 300 g/mol. The Bertz CT molecular complexity index is 474. The maximum atomic E-state index is 6.37. The molecule has 0 aliphatic carbocycles. The van der Waals surface area contributed by atoms with E-state index >= 15 is 0 Å². The fourth-order valence-electron chi connectivity index (χ4n) is 2.45. The van der Waals surface area contributed by atoms with Crippen LogP contribution in [0.4, 0.5) is 11.4 Å². The van der Waals surface area contributed by atoms with Crippen LogP contribution in [0.3, 0.4) is 0 Å². The van der Waals surface area contributed by atoms with Crippen LogP contribution in [0, 0.1) is 0 Å². The quantitative estimate of drug-likeness (QED) is 0.522. The Morgan fingerprint density at radius 1 is 1.47 bits per heavy atom. The summed E-state index contributed by atoms with van der Waals surface area (Å²) in [5.74, 6) is 0.625. The molecule has 1 aromatic rings. The normalized spacial score (nSPS) is 20.7. The van der Waals surface area contributed by atoms with Gasteiger partial charge in [0.25, 0.3) is 0 Å². The molecule has 1 saturated heterocycles. The third kappa shape index (κ3) is 3.54. The van der Waals surface area contributed by atoms with Gasteiger partial charge in [-0.1, -0.05) is 11.6 Å². The molecule has 0 amide bonds. The number of nitrogens with two attached hydrogens (primary N) is 1. The number of hydrogen-bond acceptors (Lipinski definition) is 2. The van der Waals surface area contributed by atoms with Gasteiger partial charge in [0.05, 0.1) is 22.3 Å². The molecule has 0 spiro atoms. The summed E-state index contributed by atoms with van der Waals surface area (Å²) in [6.45, 7) is 3.31. The Kier molecular flexibility index (Phi) is 4.94. The van der Waals surface area contributed by atoms with E-state index in [2.05, 4.69) is 16.8 Å². The van der Waals surface area contributed by atoms with Gasteiger partial charge in [0.2, 0.25) is 0 Å². The van der Waals surface area contributed by atoms with Gasteiger partial charge >= 0.3 is 0 Å². The van der Waals surface area contributed by atoms with E-state index in [4.69, 9.17) is 28.9 Å². The second-order valence-corrected chi connectivity index (χ2v) is 5.59. The highest BCUT2D eigenvalue weighted by Gasteiger charge is 2.20. The molecular formula is C14H19Cl2N3. The molecule has 0 radical (unpaired) electrons. The number of piperidine rings is 1. The van der Waals surface area contributed by atoms with Gasteiger partial charge < -0.3 is 10.6 Å². The lowest BCUT2D eigenvalue weighted by atomic mass is 10.0. The number of alkyl halides is 1. The summed E-state index contributed by atoms with van der Waals surface area (Å²) in [7, 11) is 0. The van der Waals surface area contributed by atoms with Crippen LogP contribution < -0.4 is 10.6 Å². The highest BCUT2D eigenvalue weighted by Crippen LogP contribution is 2.33. The Labute approximate surface area is 124 Å². The summed E-state index contributed by atoms with van der Waals surface area (Å²) < 4.78 is 0. The van der Waals surface area contributed by atoms with E-state index in [1.54, 1.807) is 0 Å². The van der Waals surface area contributed by atoms with Gasteiger partial charge in [-0.15, -0.1) is 11.6 Å². The van der Waals surface area contributed by atoms with Gasteiger partial charge in [-0.25, -0.2) is 4.99 Å². The minimum Gasteiger partial charge on any atom is -0.386 e. The number of hydrogen-bond donors (Lipinski definition) is 1. The smallest absolute Gasteiger partial charge is 0.115 e. The van der Waals surface area contributed by atoms with Gasteiger partial charge in [-0.05, 0) is 44.4 Å². The van der Waals surface area contributed by atoms with Crippen molar-refractivity contribution in [3.63, 3.8) is 0 Å². The first-order chi connectivity index (χ1) is 9.11. The van der Waals surface area contributed by atoms with Crippen LogP contribution in [-0.2, 0) is 0 Å². The van der Waals surface area contributed by atoms with Crippen molar-refractivity contribution in [2.75, 3.05) is 17.3 Å². The average Bonchev–Trinajstić information content (AvgIpc) is 2.40. The molecular weight excluding hydrogens is 281 g/mol. The number of rotatable bonds is 3. The minimum absolute atomic E-state index is 0.225. The summed E-state index contributed by atoms with van der Waals surface area (Å²) in [4.78, 5) is 6.57.